The van der Waals surface area contributed by atoms with Gasteiger partial charge in [0.25, 0.3) is 0 Å². The zero-order valence-corrected chi connectivity index (χ0v) is 11.4. The highest BCUT2D eigenvalue weighted by Crippen LogP contribution is 2.29. The van der Waals surface area contributed by atoms with E-state index in [1.807, 2.05) is 25.1 Å². The molecule has 3 heteroatoms. The molecule has 2 aromatic rings. The van der Waals surface area contributed by atoms with Crippen LogP contribution in [0.4, 0.5) is 11.4 Å². The van der Waals surface area contributed by atoms with Gasteiger partial charge in [0.05, 0.1) is 18.0 Å². The van der Waals surface area contributed by atoms with Gasteiger partial charge in [-0.1, -0.05) is 35.9 Å². The lowest BCUT2D eigenvalue weighted by Crippen LogP contribution is -2.04. The second-order valence-corrected chi connectivity index (χ2v) is 4.49. The van der Waals surface area contributed by atoms with Crippen molar-refractivity contribution in [2.45, 2.75) is 20.4 Å². The van der Waals surface area contributed by atoms with Gasteiger partial charge in [0, 0.05) is 6.54 Å². The van der Waals surface area contributed by atoms with E-state index in [0.717, 1.165) is 18.0 Å². The fourth-order valence-corrected chi connectivity index (χ4v) is 1.88. The van der Waals surface area contributed by atoms with Crippen molar-refractivity contribution in [1.82, 2.24) is 0 Å². The van der Waals surface area contributed by atoms with Crippen LogP contribution in [-0.4, -0.2) is 6.61 Å². The lowest BCUT2D eigenvalue weighted by atomic mass is 10.1. The Morgan fingerprint density at radius 2 is 1.84 bits per heavy atom. The summed E-state index contributed by atoms with van der Waals surface area (Å²) < 4.78 is 5.48. The first-order valence-corrected chi connectivity index (χ1v) is 6.51. The van der Waals surface area contributed by atoms with Gasteiger partial charge in [-0.25, -0.2) is 0 Å². The number of nitrogens with two attached hydrogens (primary N) is 1. The van der Waals surface area contributed by atoms with E-state index >= 15 is 0 Å². The van der Waals surface area contributed by atoms with Gasteiger partial charge in [0.1, 0.15) is 5.75 Å². The lowest BCUT2D eigenvalue weighted by molar-refractivity contribution is 0.342. The molecule has 3 N–H and O–H groups in total. The van der Waals surface area contributed by atoms with Gasteiger partial charge in [-0.05, 0) is 31.5 Å². The molecule has 0 aliphatic heterocycles. The monoisotopic (exact) mass is 256 g/mol. The lowest BCUT2D eigenvalue weighted by Gasteiger charge is -2.13. The van der Waals surface area contributed by atoms with Crippen LogP contribution in [0, 0.1) is 6.92 Å². The van der Waals surface area contributed by atoms with E-state index in [2.05, 4.69) is 36.5 Å². The first-order chi connectivity index (χ1) is 9.20. The van der Waals surface area contributed by atoms with E-state index in [1.54, 1.807) is 0 Å². The van der Waals surface area contributed by atoms with Crippen LogP contribution in [0.25, 0.3) is 0 Å². The van der Waals surface area contributed by atoms with Gasteiger partial charge >= 0.3 is 0 Å². The zero-order chi connectivity index (χ0) is 13.7. The predicted molar refractivity (Wildman–Crippen MR) is 80.5 cm³/mol. The normalized spacial score (nSPS) is 10.2. The number of hydrogen-bond donors (Lipinski definition) is 2. The third-order valence-electron chi connectivity index (χ3n) is 2.97. The fourth-order valence-electron chi connectivity index (χ4n) is 1.88. The Bertz CT molecular complexity index is 535. The number of rotatable bonds is 5. The quantitative estimate of drug-likeness (QED) is 0.804. The first-order valence-electron chi connectivity index (χ1n) is 6.51. The maximum atomic E-state index is 6.07. The molecule has 0 heterocycles. The Morgan fingerprint density at radius 1 is 1.11 bits per heavy atom. The summed E-state index contributed by atoms with van der Waals surface area (Å²) in [6.07, 6.45) is 0. The maximum absolute atomic E-state index is 6.07. The number of benzene rings is 2. The summed E-state index contributed by atoms with van der Waals surface area (Å²) in [5, 5.41) is 3.34. The van der Waals surface area contributed by atoms with Crippen molar-refractivity contribution in [2.75, 3.05) is 17.7 Å². The molecule has 0 spiro atoms. The molecule has 0 saturated heterocycles. The standard InChI is InChI=1S/C16H20N2O/c1-3-19-15-6-4-5-14(16(15)17)18-11-13-9-7-12(2)8-10-13/h4-10,18H,3,11,17H2,1-2H3. The topological polar surface area (TPSA) is 47.3 Å². The Morgan fingerprint density at radius 3 is 2.53 bits per heavy atom. The molecule has 0 bridgehead atoms. The summed E-state index contributed by atoms with van der Waals surface area (Å²) in [6.45, 7) is 5.40. The van der Waals surface area contributed by atoms with Crippen LogP contribution < -0.4 is 15.8 Å². The fraction of sp³-hybridized carbons (Fsp3) is 0.250. The number of nitrogen functional groups attached to an aromatic ring is 1. The Labute approximate surface area is 114 Å². The molecule has 0 unspecified atom stereocenters. The SMILES string of the molecule is CCOc1cccc(NCc2ccc(C)cc2)c1N. The molecular weight excluding hydrogens is 236 g/mol. The number of ether oxygens (including phenoxy) is 1. The Balaban J connectivity index is 2.07. The minimum Gasteiger partial charge on any atom is -0.492 e. The van der Waals surface area contributed by atoms with Gasteiger partial charge in [-0.3, -0.25) is 0 Å². The molecule has 2 aromatic carbocycles. The molecule has 2 rings (SSSR count). The van der Waals surface area contributed by atoms with Crippen LogP contribution in [0.15, 0.2) is 42.5 Å². The third-order valence-corrected chi connectivity index (χ3v) is 2.97. The minimum absolute atomic E-state index is 0.617. The first kappa shape index (κ1) is 13.3. The summed E-state index contributed by atoms with van der Waals surface area (Å²) in [5.41, 5.74) is 10.1. The number of anilines is 2. The molecule has 0 atom stereocenters. The molecular formula is C16H20N2O. The molecule has 19 heavy (non-hydrogen) atoms. The minimum atomic E-state index is 0.617. The smallest absolute Gasteiger partial charge is 0.144 e. The summed E-state index contributed by atoms with van der Waals surface area (Å²) in [6, 6.07) is 14.2. The van der Waals surface area contributed by atoms with Crippen molar-refractivity contribution in [1.29, 1.82) is 0 Å². The van der Waals surface area contributed by atoms with Crippen molar-refractivity contribution >= 4 is 11.4 Å². The molecule has 3 nitrogen and oxygen atoms in total. The molecule has 0 saturated carbocycles. The summed E-state index contributed by atoms with van der Waals surface area (Å²) in [4.78, 5) is 0. The van der Waals surface area contributed by atoms with E-state index in [9.17, 15) is 0 Å². The van der Waals surface area contributed by atoms with Gasteiger partial charge < -0.3 is 15.8 Å². The molecule has 100 valence electrons. The van der Waals surface area contributed by atoms with E-state index in [1.165, 1.54) is 11.1 Å². The highest BCUT2D eigenvalue weighted by molar-refractivity contribution is 5.72. The van der Waals surface area contributed by atoms with Crippen LogP contribution >= 0.6 is 0 Å². The molecule has 0 amide bonds. The maximum Gasteiger partial charge on any atom is 0.144 e. The van der Waals surface area contributed by atoms with E-state index in [-0.39, 0.29) is 0 Å². The van der Waals surface area contributed by atoms with Crippen LogP contribution in [0.5, 0.6) is 5.75 Å². The molecule has 0 fully saturated rings. The van der Waals surface area contributed by atoms with Crippen molar-refractivity contribution in [2.24, 2.45) is 0 Å². The van der Waals surface area contributed by atoms with Crippen molar-refractivity contribution in [3.8, 4) is 5.75 Å². The number of nitrogens with one attached hydrogen (secondary N) is 1. The van der Waals surface area contributed by atoms with E-state index in [4.69, 9.17) is 10.5 Å². The average molecular weight is 256 g/mol. The predicted octanol–water partition coefficient (Wildman–Crippen LogP) is 3.59. The molecule has 0 aliphatic rings. The van der Waals surface area contributed by atoms with Gasteiger partial charge in [0.2, 0.25) is 0 Å². The summed E-state index contributed by atoms with van der Waals surface area (Å²) in [5.74, 6) is 0.733. The van der Waals surface area contributed by atoms with Crippen LogP contribution in [0.3, 0.4) is 0 Å². The van der Waals surface area contributed by atoms with Crippen LogP contribution in [0.2, 0.25) is 0 Å². The van der Waals surface area contributed by atoms with Crippen molar-refractivity contribution in [3.05, 3.63) is 53.6 Å². The summed E-state index contributed by atoms with van der Waals surface area (Å²) in [7, 11) is 0. The van der Waals surface area contributed by atoms with Crippen LogP contribution in [0.1, 0.15) is 18.1 Å². The second kappa shape index (κ2) is 6.14. The number of hydrogen-bond acceptors (Lipinski definition) is 3. The van der Waals surface area contributed by atoms with E-state index in [0.29, 0.717) is 12.3 Å². The van der Waals surface area contributed by atoms with Crippen molar-refractivity contribution < 1.29 is 4.74 Å². The van der Waals surface area contributed by atoms with Crippen LogP contribution in [-0.2, 0) is 6.54 Å². The zero-order valence-electron chi connectivity index (χ0n) is 11.4. The Hall–Kier alpha value is -2.16. The molecule has 0 aliphatic carbocycles. The van der Waals surface area contributed by atoms with Crippen molar-refractivity contribution in [3.63, 3.8) is 0 Å². The largest absolute Gasteiger partial charge is 0.492 e. The number of aryl methyl sites for hydroxylation is 1. The Kier molecular flexibility index (Phi) is 4.29. The second-order valence-electron chi connectivity index (χ2n) is 4.49. The third kappa shape index (κ3) is 3.41. The highest BCUT2D eigenvalue weighted by atomic mass is 16.5. The van der Waals surface area contributed by atoms with Gasteiger partial charge in [0.15, 0.2) is 0 Å². The molecule has 0 radical (unpaired) electrons. The van der Waals surface area contributed by atoms with Gasteiger partial charge in [-0.15, -0.1) is 0 Å². The average Bonchev–Trinajstić information content (AvgIpc) is 2.42. The summed E-state index contributed by atoms with van der Waals surface area (Å²) >= 11 is 0. The number of para-hydroxylation sites is 1. The highest BCUT2D eigenvalue weighted by Gasteiger charge is 2.05. The molecule has 0 aromatic heterocycles. The van der Waals surface area contributed by atoms with E-state index < -0.39 is 0 Å². The van der Waals surface area contributed by atoms with Gasteiger partial charge in [-0.2, -0.15) is 0 Å².